The molecule has 2 aromatic carbocycles. The molecule has 1 aromatic heterocycles. The lowest BCUT2D eigenvalue weighted by atomic mass is 10.2. The highest BCUT2D eigenvalue weighted by Gasteiger charge is 2.23. The van der Waals surface area contributed by atoms with Crippen molar-refractivity contribution in [1.82, 2.24) is 9.55 Å². The lowest BCUT2D eigenvalue weighted by molar-refractivity contribution is 0.101. The first-order valence-electron chi connectivity index (χ1n) is 8.97. The normalized spacial score (nSPS) is 10.4. The zero-order valence-electron chi connectivity index (χ0n) is 15.8. The summed E-state index contributed by atoms with van der Waals surface area (Å²) in [6.07, 6.45) is -0.922. The number of benzene rings is 2. The van der Waals surface area contributed by atoms with Gasteiger partial charge in [-0.2, -0.15) is 0 Å². The van der Waals surface area contributed by atoms with Gasteiger partial charge >= 0.3 is 11.8 Å². The van der Waals surface area contributed by atoms with Crippen molar-refractivity contribution < 1.29 is 14.3 Å². The average Bonchev–Trinajstić information content (AvgIpc) is 2.76. The van der Waals surface area contributed by atoms with E-state index in [0.717, 1.165) is 15.7 Å². The molecule has 3 aromatic rings. The summed E-state index contributed by atoms with van der Waals surface area (Å²) in [4.78, 5) is 51.5. The molecule has 30 heavy (non-hydrogen) atoms. The molecule has 0 radical (unpaired) electrons. The van der Waals surface area contributed by atoms with Crippen LogP contribution in [0.2, 0.25) is 0 Å². The molecule has 0 aliphatic heterocycles. The number of alkyl halides is 1. The number of Topliss-reactive ketones (excluding diaryl/α,β-unsaturated/α-hetero) is 1. The van der Waals surface area contributed by atoms with Gasteiger partial charge in [-0.25, -0.2) is 9.59 Å². The Balaban J connectivity index is 1.96. The van der Waals surface area contributed by atoms with Crippen LogP contribution in [0.3, 0.4) is 0 Å². The van der Waals surface area contributed by atoms with Gasteiger partial charge in [0.05, 0.1) is 12.4 Å². The van der Waals surface area contributed by atoms with Gasteiger partial charge in [-0.3, -0.25) is 24.5 Å². The number of hydrogen-bond donors (Lipinski definition) is 2. The number of rotatable bonds is 7. The second-order valence-corrected chi connectivity index (χ2v) is 6.57. The van der Waals surface area contributed by atoms with Gasteiger partial charge in [0.25, 0.3) is 5.56 Å². The van der Waals surface area contributed by atoms with E-state index in [2.05, 4.69) is 10.3 Å². The van der Waals surface area contributed by atoms with Crippen molar-refractivity contribution in [2.24, 2.45) is 0 Å². The number of amides is 1. The number of hydrogen-bond acceptors (Lipinski definition) is 5. The summed E-state index contributed by atoms with van der Waals surface area (Å²) in [5, 5.41) is 2.37. The van der Waals surface area contributed by atoms with Gasteiger partial charge in [0, 0.05) is 0 Å². The third-order valence-electron chi connectivity index (χ3n) is 4.22. The SMILES string of the molecule is O=C(Nc1c(C(=O)CCl)c(=O)[nH]c(=O)n1Cc1ccccc1)OCc1ccccc1. The second kappa shape index (κ2) is 9.71. The molecule has 3 rings (SSSR count). The van der Waals surface area contributed by atoms with Crippen molar-refractivity contribution in [1.29, 1.82) is 0 Å². The van der Waals surface area contributed by atoms with Gasteiger partial charge in [0.1, 0.15) is 18.0 Å². The number of anilines is 1. The maximum Gasteiger partial charge on any atom is 0.413 e. The average molecular weight is 428 g/mol. The van der Waals surface area contributed by atoms with Crippen LogP contribution in [0.15, 0.2) is 70.3 Å². The van der Waals surface area contributed by atoms with E-state index in [4.69, 9.17) is 16.3 Å². The summed E-state index contributed by atoms with van der Waals surface area (Å²) in [6.45, 7) is -0.0229. The highest BCUT2D eigenvalue weighted by Crippen LogP contribution is 2.14. The quantitative estimate of drug-likeness (QED) is 0.445. The number of aromatic nitrogens is 2. The topological polar surface area (TPSA) is 110 Å². The van der Waals surface area contributed by atoms with Crippen LogP contribution >= 0.6 is 11.6 Å². The molecule has 1 amide bonds. The fourth-order valence-electron chi connectivity index (χ4n) is 2.80. The van der Waals surface area contributed by atoms with Crippen LogP contribution in [-0.4, -0.2) is 27.3 Å². The summed E-state index contributed by atoms with van der Waals surface area (Å²) < 4.78 is 6.25. The van der Waals surface area contributed by atoms with Gasteiger partial charge in [0.15, 0.2) is 5.78 Å². The molecule has 0 aliphatic rings. The largest absolute Gasteiger partial charge is 0.444 e. The van der Waals surface area contributed by atoms with E-state index in [1.165, 1.54) is 0 Å². The first kappa shape index (κ1) is 21.1. The van der Waals surface area contributed by atoms with E-state index < -0.39 is 34.6 Å². The number of ether oxygens (including phenoxy) is 1. The number of nitrogens with one attached hydrogen (secondary N) is 2. The Labute approximate surface area is 176 Å². The minimum atomic E-state index is -0.937. The van der Waals surface area contributed by atoms with E-state index in [1.807, 2.05) is 12.1 Å². The number of nitrogens with zero attached hydrogens (tertiary/aromatic N) is 1. The Morgan fingerprint density at radius 2 is 1.57 bits per heavy atom. The van der Waals surface area contributed by atoms with Crippen LogP contribution in [0.5, 0.6) is 0 Å². The van der Waals surface area contributed by atoms with E-state index in [1.54, 1.807) is 48.5 Å². The Hall–Kier alpha value is -3.65. The predicted octanol–water partition coefficient (Wildman–Crippen LogP) is 2.76. The number of halogens is 1. The van der Waals surface area contributed by atoms with Crippen molar-refractivity contribution in [3.63, 3.8) is 0 Å². The van der Waals surface area contributed by atoms with Crippen LogP contribution in [0.1, 0.15) is 21.5 Å². The highest BCUT2D eigenvalue weighted by atomic mass is 35.5. The number of carbonyl (C=O) groups is 2. The molecule has 2 N–H and O–H groups in total. The molecule has 9 heteroatoms. The zero-order chi connectivity index (χ0) is 21.5. The molecule has 0 fully saturated rings. The van der Waals surface area contributed by atoms with E-state index in [0.29, 0.717) is 0 Å². The van der Waals surface area contributed by atoms with Crippen LogP contribution < -0.4 is 16.6 Å². The molecule has 8 nitrogen and oxygen atoms in total. The second-order valence-electron chi connectivity index (χ2n) is 6.30. The first-order chi connectivity index (χ1) is 14.5. The smallest absolute Gasteiger partial charge is 0.413 e. The number of carbonyl (C=O) groups excluding carboxylic acids is 2. The van der Waals surface area contributed by atoms with Gasteiger partial charge in [-0.15, -0.1) is 11.6 Å². The van der Waals surface area contributed by atoms with Crippen molar-refractivity contribution >= 4 is 29.3 Å². The number of H-pyrrole nitrogens is 1. The van der Waals surface area contributed by atoms with E-state index in [9.17, 15) is 19.2 Å². The van der Waals surface area contributed by atoms with Crippen molar-refractivity contribution in [3.05, 3.63) is 98.2 Å². The summed E-state index contributed by atoms with van der Waals surface area (Å²) in [5.74, 6) is -1.50. The lowest BCUT2D eigenvalue weighted by Crippen LogP contribution is -2.38. The number of ketones is 1. The summed E-state index contributed by atoms with van der Waals surface area (Å²) in [7, 11) is 0. The van der Waals surface area contributed by atoms with Crippen LogP contribution in [0, 0.1) is 0 Å². The van der Waals surface area contributed by atoms with Gasteiger partial charge in [-0.1, -0.05) is 60.7 Å². The molecule has 0 spiro atoms. The van der Waals surface area contributed by atoms with E-state index >= 15 is 0 Å². The third-order valence-corrected chi connectivity index (χ3v) is 4.46. The molecule has 0 saturated heterocycles. The molecular formula is C21H18ClN3O5. The minimum absolute atomic E-state index is 0.00726. The fourth-order valence-corrected chi connectivity index (χ4v) is 2.93. The molecule has 0 unspecified atom stereocenters. The lowest BCUT2D eigenvalue weighted by Gasteiger charge is -2.16. The van der Waals surface area contributed by atoms with Gasteiger partial charge in [0.2, 0.25) is 0 Å². The third kappa shape index (κ3) is 5.03. The molecule has 154 valence electrons. The zero-order valence-corrected chi connectivity index (χ0v) is 16.5. The van der Waals surface area contributed by atoms with Crippen molar-refractivity contribution in [3.8, 4) is 0 Å². The van der Waals surface area contributed by atoms with Crippen LogP contribution in [-0.2, 0) is 17.9 Å². The van der Waals surface area contributed by atoms with Gasteiger partial charge < -0.3 is 4.74 Å². The van der Waals surface area contributed by atoms with Crippen LogP contribution in [0.4, 0.5) is 10.6 Å². The molecule has 0 aliphatic carbocycles. The standard InChI is InChI=1S/C21H18ClN3O5/c22-11-16(26)17-18(23-21(29)30-13-15-9-5-2-6-10-15)25(20(28)24-19(17)27)12-14-7-3-1-4-8-14/h1-10H,11-13H2,(H,23,29)(H,24,27,28). The highest BCUT2D eigenvalue weighted by molar-refractivity contribution is 6.31. The minimum Gasteiger partial charge on any atom is -0.444 e. The molecule has 0 saturated carbocycles. The van der Waals surface area contributed by atoms with E-state index in [-0.39, 0.29) is 19.0 Å². The molecular weight excluding hydrogens is 410 g/mol. The molecule has 1 heterocycles. The molecule has 0 bridgehead atoms. The monoisotopic (exact) mass is 427 g/mol. The first-order valence-corrected chi connectivity index (χ1v) is 9.51. The van der Waals surface area contributed by atoms with Crippen molar-refractivity contribution in [2.75, 3.05) is 11.2 Å². The Morgan fingerprint density at radius 3 is 2.17 bits per heavy atom. The van der Waals surface area contributed by atoms with Crippen LogP contribution in [0.25, 0.3) is 0 Å². The Kier molecular flexibility index (Phi) is 6.82. The number of aromatic amines is 1. The fraction of sp³-hybridized carbons (Fsp3) is 0.143. The van der Waals surface area contributed by atoms with Crippen molar-refractivity contribution in [2.45, 2.75) is 13.2 Å². The summed E-state index contributed by atoms with van der Waals surface area (Å²) in [5.41, 5.74) is -0.673. The Morgan fingerprint density at radius 1 is 0.967 bits per heavy atom. The Bertz CT molecular complexity index is 1160. The maximum atomic E-state index is 12.5. The maximum absolute atomic E-state index is 12.5. The summed E-state index contributed by atoms with van der Waals surface area (Å²) in [6, 6.07) is 17.8. The summed E-state index contributed by atoms with van der Waals surface area (Å²) >= 11 is 5.63. The predicted molar refractivity (Wildman–Crippen MR) is 112 cm³/mol. The molecule has 0 atom stereocenters. The van der Waals surface area contributed by atoms with Gasteiger partial charge in [-0.05, 0) is 11.1 Å².